The molecule has 0 saturated carbocycles. The molecule has 1 aromatic carbocycles. The second-order valence-corrected chi connectivity index (χ2v) is 6.48. The van der Waals surface area contributed by atoms with Gasteiger partial charge in [0, 0.05) is 30.2 Å². The lowest BCUT2D eigenvalue weighted by molar-refractivity contribution is 0.223. The summed E-state index contributed by atoms with van der Waals surface area (Å²) in [4.78, 5) is 11.7. The Kier molecular flexibility index (Phi) is 3.51. The minimum atomic E-state index is -0.416. The molecule has 1 aromatic heterocycles. The van der Waals surface area contributed by atoms with Gasteiger partial charge in [0.2, 0.25) is 0 Å². The summed E-state index contributed by atoms with van der Waals surface area (Å²) < 4.78 is 0. The zero-order valence-electron chi connectivity index (χ0n) is 14.0. The molecular formula is C19H23N3. The minimum absolute atomic E-state index is 0.416. The molecule has 3 heteroatoms. The van der Waals surface area contributed by atoms with Gasteiger partial charge in [-0.3, -0.25) is 0 Å². The van der Waals surface area contributed by atoms with Crippen LogP contribution in [0.3, 0.4) is 0 Å². The quantitative estimate of drug-likeness (QED) is 0.851. The molecular weight excluding hydrogens is 270 g/mol. The van der Waals surface area contributed by atoms with Gasteiger partial charge in [0.25, 0.3) is 0 Å². The van der Waals surface area contributed by atoms with Crippen LogP contribution in [0.25, 0.3) is 6.20 Å². The molecule has 0 amide bonds. The first kappa shape index (κ1) is 14.8. The van der Waals surface area contributed by atoms with Gasteiger partial charge < -0.3 is 4.90 Å². The normalized spacial score (nSPS) is 20.4. The SMILES string of the molecule is Cc1ccccc1C1(C)N=c2nccc(C(C)C)c2=CN1C. The van der Waals surface area contributed by atoms with Crippen LogP contribution < -0.4 is 10.7 Å². The van der Waals surface area contributed by atoms with Crippen molar-refractivity contribution >= 4 is 6.20 Å². The van der Waals surface area contributed by atoms with Crippen molar-refractivity contribution in [1.29, 1.82) is 0 Å². The molecule has 1 aliphatic rings. The van der Waals surface area contributed by atoms with Crippen molar-refractivity contribution in [2.24, 2.45) is 4.99 Å². The molecule has 2 aromatic rings. The lowest BCUT2D eigenvalue weighted by Gasteiger charge is -2.38. The number of rotatable bonds is 2. The van der Waals surface area contributed by atoms with E-state index in [0.717, 1.165) is 10.7 Å². The molecule has 0 spiro atoms. The molecule has 3 rings (SSSR count). The van der Waals surface area contributed by atoms with E-state index < -0.39 is 5.66 Å². The molecule has 22 heavy (non-hydrogen) atoms. The molecule has 1 aliphatic heterocycles. The van der Waals surface area contributed by atoms with Crippen LogP contribution in [0.5, 0.6) is 0 Å². The Labute approximate surface area is 132 Å². The molecule has 114 valence electrons. The van der Waals surface area contributed by atoms with Gasteiger partial charge in [-0.15, -0.1) is 0 Å². The van der Waals surface area contributed by atoms with Gasteiger partial charge >= 0.3 is 0 Å². The number of hydrogen-bond acceptors (Lipinski definition) is 3. The zero-order chi connectivity index (χ0) is 15.9. The summed E-state index contributed by atoms with van der Waals surface area (Å²) in [5.41, 5.74) is 4.19. The summed E-state index contributed by atoms with van der Waals surface area (Å²) in [6.45, 7) is 8.70. The van der Waals surface area contributed by atoms with Crippen LogP contribution in [0.4, 0.5) is 0 Å². The summed E-state index contributed by atoms with van der Waals surface area (Å²) in [6.07, 6.45) is 4.06. The highest BCUT2D eigenvalue weighted by molar-refractivity contribution is 5.38. The molecule has 0 N–H and O–H groups in total. The Hall–Kier alpha value is -2.16. The van der Waals surface area contributed by atoms with Gasteiger partial charge in [-0.2, -0.15) is 0 Å². The Morgan fingerprint density at radius 2 is 1.86 bits per heavy atom. The van der Waals surface area contributed by atoms with Gasteiger partial charge in [-0.1, -0.05) is 38.1 Å². The van der Waals surface area contributed by atoms with Gasteiger partial charge in [0.1, 0.15) is 0 Å². The van der Waals surface area contributed by atoms with E-state index in [9.17, 15) is 0 Å². The van der Waals surface area contributed by atoms with Crippen molar-refractivity contribution in [3.63, 3.8) is 0 Å². The summed E-state index contributed by atoms with van der Waals surface area (Å²) in [5, 5.41) is 1.14. The number of nitrogens with zero attached hydrogens (tertiary/aromatic N) is 3. The molecule has 0 saturated heterocycles. The van der Waals surface area contributed by atoms with E-state index in [1.54, 1.807) is 0 Å². The van der Waals surface area contributed by atoms with Crippen molar-refractivity contribution in [2.75, 3.05) is 7.05 Å². The third-order valence-electron chi connectivity index (χ3n) is 4.61. The van der Waals surface area contributed by atoms with Crippen LogP contribution in [0.15, 0.2) is 41.5 Å². The van der Waals surface area contributed by atoms with Crippen molar-refractivity contribution in [3.8, 4) is 0 Å². The van der Waals surface area contributed by atoms with E-state index in [4.69, 9.17) is 4.99 Å². The maximum absolute atomic E-state index is 5.02. The van der Waals surface area contributed by atoms with Crippen LogP contribution in [-0.4, -0.2) is 16.9 Å². The van der Waals surface area contributed by atoms with E-state index in [2.05, 4.69) is 81.2 Å². The predicted octanol–water partition coefficient (Wildman–Crippen LogP) is 2.69. The summed E-state index contributed by atoms with van der Waals surface area (Å²) >= 11 is 0. The van der Waals surface area contributed by atoms with E-state index in [1.807, 2.05) is 6.20 Å². The maximum Gasteiger partial charge on any atom is 0.158 e. The number of aromatic nitrogens is 1. The predicted molar refractivity (Wildman–Crippen MR) is 89.9 cm³/mol. The number of hydrogen-bond donors (Lipinski definition) is 0. The second kappa shape index (κ2) is 5.24. The fourth-order valence-corrected chi connectivity index (χ4v) is 3.16. The molecule has 0 radical (unpaired) electrons. The second-order valence-electron chi connectivity index (χ2n) is 6.48. The van der Waals surface area contributed by atoms with Gasteiger partial charge in [0.05, 0.1) is 0 Å². The van der Waals surface area contributed by atoms with Crippen LogP contribution in [0.1, 0.15) is 43.4 Å². The largest absolute Gasteiger partial charge is 0.352 e. The smallest absolute Gasteiger partial charge is 0.158 e. The summed E-state index contributed by atoms with van der Waals surface area (Å²) in [6, 6.07) is 10.5. The van der Waals surface area contributed by atoms with Crippen molar-refractivity contribution in [1.82, 2.24) is 9.88 Å². The maximum atomic E-state index is 5.02. The van der Waals surface area contributed by atoms with Crippen molar-refractivity contribution in [2.45, 2.75) is 39.3 Å². The van der Waals surface area contributed by atoms with Gasteiger partial charge in [0.15, 0.2) is 11.2 Å². The van der Waals surface area contributed by atoms with Crippen LogP contribution in [0, 0.1) is 6.92 Å². The molecule has 0 fully saturated rings. The number of benzene rings is 1. The Balaban J connectivity index is 2.27. The third-order valence-corrected chi connectivity index (χ3v) is 4.61. The lowest BCUT2D eigenvalue weighted by atomic mass is 9.94. The van der Waals surface area contributed by atoms with Crippen molar-refractivity contribution in [3.05, 3.63) is 63.9 Å². The lowest BCUT2D eigenvalue weighted by Crippen LogP contribution is -2.48. The first-order chi connectivity index (χ1) is 10.4. The third kappa shape index (κ3) is 2.21. The van der Waals surface area contributed by atoms with E-state index in [1.165, 1.54) is 16.7 Å². The van der Waals surface area contributed by atoms with Crippen LogP contribution >= 0.6 is 0 Å². The highest BCUT2D eigenvalue weighted by Crippen LogP contribution is 2.31. The Bertz CT molecular complexity index is 823. The summed E-state index contributed by atoms with van der Waals surface area (Å²) in [7, 11) is 2.09. The first-order valence-electron chi connectivity index (χ1n) is 7.79. The molecule has 1 atom stereocenters. The standard InChI is InChI=1S/C19H23N3/c1-13(2)15-10-11-20-18-16(15)12-22(5)19(4,21-18)17-9-7-6-8-14(17)3/h6-13H,1-5H3. The molecule has 1 unspecified atom stereocenters. The Morgan fingerprint density at radius 3 is 2.55 bits per heavy atom. The fraction of sp³-hybridized carbons (Fsp3) is 0.368. The number of fused-ring (bicyclic) bond motifs is 1. The molecule has 0 bridgehead atoms. The van der Waals surface area contributed by atoms with Gasteiger partial charge in [-0.05, 0) is 37.0 Å². The van der Waals surface area contributed by atoms with E-state index >= 15 is 0 Å². The zero-order valence-corrected chi connectivity index (χ0v) is 14.0. The number of pyridine rings is 1. The first-order valence-corrected chi connectivity index (χ1v) is 7.79. The molecule has 2 heterocycles. The average molecular weight is 293 g/mol. The number of aryl methyl sites for hydroxylation is 1. The monoisotopic (exact) mass is 293 g/mol. The topological polar surface area (TPSA) is 28.5 Å². The molecule has 0 aliphatic carbocycles. The molecule has 3 nitrogen and oxygen atoms in total. The average Bonchev–Trinajstić information content (AvgIpc) is 2.48. The fourth-order valence-electron chi connectivity index (χ4n) is 3.16. The minimum Gasteiger partial charge on any atom is -0.352 e. The van der Waals surface area contributed by atoms with E-state index in [0.29, 0.717) is 5.92 Å². The summed E-state index contributed by atoms with van der Waals surface area (Å²) in [5.74, 6) is 0.458. The van der Waals surface area contributed by atoms with E-state index in [-0.39, 0.29) is 0 Å². The Morgan fingerprint density at radius 1 is 1.14 bits per heavy atom. The van der Waals surface area contributed by atoms with Crippen LogP contribution in [-0.2, 0) is 5.66 Å². The van der Waals surface area contributed by atoms with Gasteiger partial charge in [-0.25, -0.2) is 9.98 Å². The van der Waals surface area contributed by atoms with Crippen LogP contribution in [0.2, 0.25) is 0 Å². The van der Waals surface area contributed by atoms with Crippen molar-refractivity contribution < 1.29 is 0 Å². The highest BCUT2D eigenvalue weighted by atomic mass is 15.3. The highest BCUT2D eigenvalue weighted by Gasteiger charge is 2.32.